The van der Waals surface area contributed by atoms with E-state index in [0.29, 0.717) is 31.7 Å². The molecule has 0 aliphatic heterocycles. The fourth-order valence-electron chi connectivity index (χ4n) is 2.31. The lowest BCUT2D eigenvalue weighted by Crippen LogP contribution is -2.38. The first-order chi connectivity index (χ1) is 13.3. The monoisotopic (exact) mass is 412 g/mol. The average molecular weight is 412 g/mol. The van der Waals surface area contributed by atoms with Crippen LogP contribution >= 0.6 is 0 Å². The third-order valence-corrected chi connectivity index (χ3v) is 5.68. The molecular weight excluding hydrogens is 390 g/mol. The van der Waals surface area contributed by atoms with E-state index < -0.39 is 21.7 Å². The molecule has 9 heteroatoms. The van der Waals surface area contributed by atoms with Gasteiger partial charge in [-0.25, -0.2) is 17.2 Å². The third-order valence-electron chi connectivity index (χ3n) is 3.86. The van der Waals surface area contributed by atoms with Gasteiger partial charge in [0.2, 0.25) is 15.9 Å². The Kier molecular flexibility index (Phi) is 7.89. The Hall–Kier alpha value is -2.52. The predicted molar refractivity (Wildman–Crippen MR) is 100 cm³/mol. The SMILES string of the molecule is CN(CC(=O)NCCCCOc1ccc(F)cc1)S(=O)(=O)c1ccc(F)cc1. The minimum atomic E-state index is -3.86. The van der Waals surface area contributed by atoms with Crippen molar-refractivity contribution in [1.29, 1.82) is 0 Å². The summed E-state index contributed by atoms with van der Waals surface area (Å²) in [6, 6.07) is 10.1. The molecular formula is C19H22F2N2O4S. The van der Waals surface area contributed by atoms with Crippen molar-refractivity contribution in [2.45, 2.75) is 17.7 Å². The quantitative estimate of drug-likeness (QED) is 0.609. The van der Waals surface area contributed by atoms with E-state index in [1.165, 1.54) is 31.3 Å². The van der Waals surface area contributed by atoms with Crippen molar-refractivity contribution in [3.63, 3.8) is 0 Å². The van der Waals surface area contributed by atoms with Crippen LogP contribution in [0.25, 0.3) is 0 Å². The molecule has 28 heavy (non-hydrogen) atoms. The zero-order valence-corrected chi connectivity index (χ0v) is 16.2. The standard InChI is InChI=1S/C19H22F2N2O4S/c1-23(28(25,26)18-10-6-16(21)7-11-18)14-19(24)22-12-2-3-13-27-17-8-4-15(20)5-9-17/h4-11H,2-3,12-14H2,1H3,(H,22,24). The van der Waals surface area contributed by atoms with Crippen LogP contribution in [-0.4, -0.2) is 45.4 Å². The summed E-state index contributed by atoms with van der Waals surface area (Å²) < 4.78 is 56.7. The van der Waals surface area contributed by atoms with E-state index in [1.54, 1.807) is 0 Å². The van der Waals surface area contributed by atoms with Crippen LogP contribution in [0.15, 0.2) is 53.4 Å². The fraction of sp³-hybridized carbons (Fsp3) is 0.316. The summed E-state index contributed by atoms with van der Waals surface area (Å²) in [5.41, 5.74) is 0. The summed E-state index contributed by atoms with van der Waals surface area (Å²) in [6.45, 7) is 0.447. The zero-order valence-electron chi connectivity index (χ0n) is 15.4. The average Bonchev–Trinajstić information content (AvgIpc) is 2.66. The lowest BCUT2D eigenvalue weighted by Gasteiger charge is -2.17. The highest BCUT2D eigenvalue weighted by Crippen LogP contribution is 2.14. The topological polar surface area (TPSA) is 75.7 Å². The second-order valence-corrected chi connectivity index (χ2v) is 8.12. The zero-order chi connectivity index (χ0) is 20.6. The van der Waals surface area contributed by atoms with Crippen LogP contribution in [0.5, 0.6) is 5.75 Å². The minimum absolute atomic E-state index is 0.0814. The summed E-state index contributed by atoms with van der Waals surface area (Å²) in [7, 11) is -2.58. The van der Waals surface area contributed by atoms with Gasteiger partial charge in [-0.3, -0.25) is 4.79 Å². The second kappa shape index (κ2) is 10.1. The van der Waals surface area contributed by atoms with Crippen molar-refractivity contribution in [3.05, 3.63) is 60.2 Å². The maximum atomic E-state index is 12.9. The van der Waals surface area contributed by atoms with Crippen LogP contribution in [-0.2, 0) is 14.8 Å². The molecule has 0 radical (unpaired) electrons. The minimum Gasteiger partial charge on any atom is -0.494 e. The van der Waals surface area contributed by atoms with Crippen molar-refractivity contribution < 1.29 is 26.7 Å². The molecule has 2 rings (SSSR count). The van der Waals surface area contributed by atoms with E-state index in [1.807, 2.05) is 0 Å². The van der Waals surface area contributed by atoms with Crippen LogP contribution in [0.3, 0.4) is 0 Å². The number of hydrogen-bond acceptors (Lipinski definition) is 4. The number of nitrogens with one attached hydrogen (secondary N) is 1. The molecule has 2 aromatic rings. The van der Waals surface area contributed by atoms with Gasteiger partial charge in [-0.1, -0.05) is 0 Å². The molecule has 0 unspecified atom stereocenters. The number of carbonyl (C=O) groups is 1. The molecule has 1 N–H and O–H groups in total. The lowest BCUT2D eigenvalue weighted by molar-refractivity contribution is -0.121. The van der Waals surface area contributed by atoms with Gasteiger partial charge in [-0.05, 0) is 61.4 Å². The van der Waals surface area contributed by atoms with E-state index in [9.17, 15) is 22.0 Å². The summed E-state index contributed by atoms with van der Waals surface area (Å²) in [5, 5.41) is 2.64. The van der Waals surface area contributed by atoms with E-state index in [-0.39, 0.29) is 17.3 Å². The molecule has 1 amide bonds. The molecule has 0 saturated carbocycles. The molecule has 2 aromatic carbocycles. The number of amides is 1. The van der Waals surface area contributed by atoms with Crippen molar-refractivity contribution in [2.75, 3.05) is 26.7 Å². The summed E-state index contributed by atoms with van der Waals surface area (Å²) in [5.74, 6) is -0.741. The molecule has 152 valence electrons. The Balaban J connectivity index is 1.67. The number of likely N-dealkylation sites (N-methyl/N-ethyl adjacent to an activating group) is 1. The first-order valence-corrected chi connectivity index (χ1v) is 10.1. The van der Waals surface area contributed by atoms with Gasteiger partial charge in [0.05, 0.1) is 18.0 Å². The van der Waals surface area contributed by atoms with Gasteiger partial charge in [-0.2, -0.15) is 4.31 Å². The van der Waals surface area contributed by atoms with Crippen LogP contribution in [0.2, 0.25) is 0 Å². The molecule has 0 aliphatic rings. The molecule has 0 atom stereocenters. The molecule has 0 aromatic heterocycles. The molecule has 0 spiro atoms. The Bertz CT molecular complexity index is 872. The highest BCUT2D eigenvalue weighted by molar-refractivity contribution is 7.89. The highest BCUT2D eigenvalue weighted by Gasteiger charge is 2.22. The van der Waals surface area contributed by atoms with Crippen LogP contribution in [0.1, 0.15) is 12.8 Å². The van der Waals surface area contributed by atoms with Crippen molar-refractivity contribution in [2.24, 2.45) is 0 Å². The molecule has 0 heterocycles. The van der Waals surface area contributed by atoms with Crippen LogP contribution in [0, 0.1) is 11.6 Å². The molecule has 6 nitrogen and oxygen atoms in total. The van der Waals surface area contributed by atoms with Crippen molar-refractivity contribution in [1.82, 2.24) is 9.62 Å². The first kappa shape index (κ1) is 21.8. The number of carbonyl (C=O) groups excluding carboxylic acids is 1. The Morgan fingerprint density at radius 3 is 2.18 bits per heavy atom. The van der Waals surface area contributed by atoms with Gasteiger partial charge in [0.25, 0.3) is 0 Å². The smallest absolute Gasteiger partial charge is 0.243 e. The summed E-state index contributed by atoms with van der Waals surface area (Å²) in [6.07, 6.45) is 1.31. The summed E-state index contributed by atoms with van der Waals surface area (Å²) >= 11 is 0. The van der Waals surface area contributed by atoms with Gasteiger partial charge in [0.1, 0.15) is 17.4 Å². The second-order valence-electron chi connectivity index (χ2n) is 6.07. The Labute approximate surface area is 163 Å². The number of rotatable bonds is 10. The van der Waals surface area contributed by atoms with Crippen molar-refractivity contribution in [3.8, 4) is 5.75 Å². The number of benzene rings is 2. The van der Waals surface area contributed by atoms with Crippen LogP contribution < -0.4 is 10.1 Å². The molecule has 0 aliphatic carbocycles. The number of sulfonamides is 1. The van der Waals surface area contributed by atoms with E-state index in [2.05, 4.69) is 5.32 Å². The number of ether oxygens (including phenoxy) is 1. The van der Waals surface area contributed by atoms with Crippen LogP contribution in [0.4, 0.5) is 8.78 Å². The fourth-order valence-corrected chi connectivity index (χ4v) is 3.43. The molecule has 0 saturated heterocycles. The number of halogens is 2. The Morgan fingerprint density at radius 1 is 1.00 bits per heavy atom. The third kappa shape index (κ3) is 6.58. The predicted octanol–water partition coefficient (Wildman–Crippen LogP) is 2.56. The lowest BCUT2D eigenvalue weighted by atomic mass is 10.3. The normalized spacial score (nSPS) is 11.4. The number of hydrogen-bond donors (Lipinski definition) is 1. The van der Waals surface area contributed by atoms with Gasteiger partial charge in [-0.15, -0.1) is 0 Å². The van der Waals surface area contributed by atoms with E-state index in [0.717, 1.165) is 28.6 Å². The van der Waals surface area contributed by atoms with Gasteiger partial charge < -0.3 is 10.1 Å². The molecule has 0 fully saturated rings. The maximum Gasteiger partial charge on any atom is 0.243 e. The number of unbranched alkanes of at least 4 members (excludes halogenated alkanes) is 1. The summed E-state index contributed by atoms with van der Waals surface area (Å²) in [4.78, 5) is 11.8. The van der Waals surface area contributed by atoms with Gasteiger partial charge >= 0.3 is 0 Å². The number of nitrogens with zero attached hydrogens (tertiary/aromatic N) is 1. The maximum absolute atomic E-state index is 12.9. The highest BCUT2D eigenvalue weighted by atomic mass is 32.2. The van der Waals surface area contributed by atoms with E-state index >= 15 is 0 Å². The van der Waals surface area contributed by atoms with Gasteiger partial charge in [0, 0.05) is 13.6 Å². The Morgan fingerprint density at radius 2 is 1.57 bits per heavy atom. The molecule has 0 bridgehead atoms. The largest absolute Gasteiger partial charge is 0.494 e. The van der Waals surface area contributed by atoms with E-state index in [4.69, 9.17) is 4.74 Å². The van der Waals surface area contributed by atoms with Gasteiger partial charge in [0.15, 0.2) is 0 Å². The first-order valence-electron chi connectivity index (χ1n) is 8.66. The van der Waals surface area contributed by atoms with Crippen molar-refractivity contribution >= 4 is 15.9 Å².